The first-order valence-electron chi connectivity index (χ1n) is 8.99. The van der Waals surface area contributed by atoms with Gasteiger partial charge in [-0.05, 0) is 30.7 Å². The molecule has 28 heavy (non-hydrogen) atoms. The van der Waals surface area contributed by atoms with E-state index in [1.807, 2.05) is 0 Å². The molecule has 144 valence electrons. The van der Waals surface area contributed by atoms with Crippen LogP contribution >= 0.6 is 0 Å². The molecule has 2 unspecified atom stereocenters. The molecule has 2 atom stereocenters. The third kappa shape index (κ3) is 3.25. The fourth-order valence-corrected chi connectivity index (χ4v) is 3.71. The van der Waals surface area contributed by atoms with Crippen LogP contribution in [0.2, 0.25) is 0 Å². The molecule has 0 saturated carbocycles. The van der Waals surface area contributed by atoms with Gasteiger partial charge >= 0.3 is 0 Å². The quantitative estimate of drug-likeness (QED) is 0.728. The third-order valence-corrected chi connectivity index (χ3v) is 5.06. The van der Waals surface area contributed by atoms with Crippen molar-refractivity contribution in [3.05, 3.63) is 71.8 Å². The van der Waals surface area contributed by atoms with Crippen LogP contribution in [0.15, 0.2) is 54.9 Å². The molecule has 0 aliphatic carbocycles. The summed E-state index contributed by atoms with van der Waals surface area (Å²) in [4.78, 5) is 14.7. The minimum Gasteiger partial charge on any atom is -0.496 e. The number of carbonyl (C=O) groups is 1. The number of β-amino-alcohol motifs (C(OH)–C–C–N with tert-alkyl or cyclic N) is 1. The highest BCUT2D eigenvalue weighted by molar-refractivity contribution is 5.96. The Morgan fingerprint density at radius 1 is 1.32 bits per heavy atom. The Kier molecular flexibility index (Phi) is 4.83. The van der Waals surface area contributed by atoms with Crippen molar-refractivity contribution >= 4 is 5.91 Å². The third-order valence-electron chi connectivity index (χ3n) is 5.06. The summed E-state index contributed by atoms with van der Waals surface area (Å²) in [5, 5.41) is 16.8. The summed E-state index contributed by atoms with van der Waals surface area (Å²) >= 11 is 0. The van der Waals surface area contributed by atoms with Crippen LogP contribution in [0, 0.1) is 5.82 Å². The first-order chi connectivity index (χ1) is 13.6. The summed E-state index contributed by atoms with van der Waals surface area (Å²) in [6.45, 7) is 0.156. The van der Waals surface area contributed by atoms with Gasteiger partial charge in [-0.3, -0.25) is 9.89 Å². The highest BCUT2D eigenvalue weighted by atomic mass is 19.1. The number of amides is 1. The number of hydrogen-bond donors (Lipinski definition) is 2. The molecule has 1 aliphatic heterocycles. The zero-order valence-electron chi connectivity index (χ0n) is 15.3. The van der Waals surface area contributed by atoms with E-state index in [4.69, 9.17) is 4.74 Å². The van der Waals surface area contributed by atoms with E-state index in [-0.39, 0.29) is 18.3 Å². The monoisotopic (exact) mass is 381 g/mol. The molecule has 2 heterocycles. The van der Waals surface area contributed by atoms with Crippen molar-refractivity contribution < 1.29 is 19.0 Å². The maximum atomic E-state index is 14.3. The van der Waals surface area contributed by atoms with Crippen molar-refractivity contribution in [2.24, 2.45) is 0 Å². The van der Waals surface area contributed by atoms with E-state index in [0.717, 1.165) is 11.1 Å². The molecule has 7 heteroatoms. The van der Waals surface area contributed by atoms with Crippen molar-refractivity contribution in [2.75, 3.05) is 13.7 Å². The molecular formula is C21H20FN3O3. The maximum absolute atomic E-state index is 14.3. The average Bonchev–Trinajstić information content (AvgIpc) is 3.37. The number of rotatable bonds is 4. The molecule has 1 aliphatic rings. The normalized spacial score (nSPS) is 19.0. The number of aliphatic hydroxyl groups excluding tert-OH is 1. The van der Waals surface area contributed by atoms with Gasteiger partial charge < -0.3 is 14.7 Å². The average molecular weight is 381 g/mol. The number of ether oxygens (including phenoxy) is 1. The molecule has 4 rings (SSSR count). The fourth-order valence-electron chi connectivity index (χ4n) is 3.71. The van der Waals surface area contributed by atoms with Crippen molar-refractivity contribution in [1.82, 2.24) is 15.1 Å². The van der Waals surface area contributed by atoms with Crippen LogP contribution in [-0.4, -0.2) is 45.9 Å². The lowest BCUT2D eigenvalue weighted by molar-refractivity contribution is 0.0713. The van der Waals surface area contributed by atoms with Gasteiger partial charge in [-0.15, -0.1) is 0 Å². The Balaban J connectivity index is 1.67. The van der Waals surface area contributed by atoms with Crippen LogP contribution in [0.25, 0.3) is 11.1 Å². The van der Waals surface area contributed by atoms with Crippen LogP contribution in [0.5, 0.6) is 5.75 Å². The van der Waals surface area contributed by atoms with Crippen molar-refractivity contribution in [1.29, 1.82) is 0 Å². The predicted molar refractivity (Wildman–Crippen MR) is 101 cm³/mol. The van der Waals surface area contributed by atoms with E-state index in [9.17, 15) is 14.3 Å². The van der Waals surface area contributed by atoms with E-state index in [0.29, 0.717) is 23.3 Å². The molecule has 0 bridgehead atoms. The number of aromatic amines is 1. The van der Waals surface area contributed by atoms with Gasteiger partial charge in [-0.1, -0.05) is 18.2 Å². The first-order valence-corrected chi connectivity index (χ1v) is 8.99. The van der Waals surface area contributed by atoms with Gasteiger partial charge in [0.25, 0.3) is 5.91 Å². The number of aromatic nitrogens is 2. The van der Waals surface area contributed by atoms with Crippen molar-refractivity contribution in [3.8, 4) is 16.9 Å². The molecule has 1 saturated heterocycles. The Bertz CT molecular complexity index is 990. The number of nitrogens with zero attached hydrogens (tertiary/aromatic N) is 2. The van der Waals surface area contributed by atoms with Gasteiger partial charge in [0.15, 0.2) is 0 Å². The van der Waals surface area contributed by atoms with Crippen molar-refractivity contribution in [2.45, 2.75) is 18.6 Å². The minimum absolute atomic E-state index is 0.156. The SMILES string of the molecule is COc1cc(C(=O)N2CC(O)CC2c2ccccc2F)ccc1-c1cn[nH]c1. The van der Waals surface area contributed by atoms with E-state index in [2.05, 4.69) is 10.2 Å². The second-order valence-electron chi connectivity index (χ2n) is 6.79. The molecule has 0 spiro atoms. The summed E-state index contributed by atoms with van der Waals surface area (Å²) in [7, 11) is 1.54. The molecule has 2 N–H and O–H groups in total. The Labute approximate surface area is 161 Å². The lowest BCUT2D eigenvalue weighted by Gasteiger charge is -2.25. The lowest BCUT2D eigenvalue weighted by atomic mass is 10.0. The Morgan fingerprint density at radius 2 is 2.14 bits per heavy atom. The van der Waals surface area contributed by atoms with Gasteiger partial charge in [0.1, 0.15) is 11.6 Å². The van der Waals surface area contributed by atoms with Crippen LogP contribution in [0.3, 0.4) is 0 Å². The smallest absolute Gasteiger partial charge is 0.254 e. The zero-order valence-corrected chi connectivity index (χ0v) is 15.3. The first kappa shape index (κ1) is 18.2. The number of methoxy groups -OCH3 is 1. The molecule has 1 aromatic heterocycles. The molecule has 6 nitrogen and oxygen atoms in total. The largest absolute Gasteiger partial charge is 0.496 e. The van der Waals surface area contributed by atoms with Crippen molar-refractivity contribution in [3.63, 3.8) is 0 Å². The summed E-state index contributed by atoms with van der Waals surface area (Å²) in [5.41, 5.74) is 2.48. The summed E-state index contributed by atoms with van der Waals surface area (Å²) in [6.07, 6.45) is 3.02. The molecule has 3 aromatic rings. The summed E-state index contributed by atoms with van der Waals surface area (Å²) in [6, 6.07) is 11.0. The molecule has 1 fully saturated rings. The van der Waals surface area contributed by atoms with Crippen LogP contribution < -0.4 is 4.74 Å². The lowest BCUT2D eigenvalue weighted by Crippen LogP contribution is -2.32. The summed E-state index contributed by atoms with van der Waals surface area (Å²) < 4.78 is 19.7. The van der Waals surface area contributed by atoms with Crippen LogP contribution in [-0.2, 0) is 0 Å². The molecule has 1 amide bonds. The molecule has 2 aromatic carbocycles. The van der Waals surface area contributed by atoms with E-state index in [1.54, 1.807) is 48.8 Å². The number of benzene rings is 2. The molecular weight excluding hydrogens is 361 g/mol. The summed E-state index contributed by atoms with van der Waals surface area (Å²) in [5.74, 6) is -0.122. The predicted octanol–water partition coefficient (Wildman–Crippen LogP) is 3.17. The number of H-pyrrole nitrogens is 1. The van der Waals surface area contributed by atoms with Crippen LogP contribution in [0.1, 0.15) is 28.4 Å². The Hall–Kier alpha value is -3.19. The van der Waals surface area contributed by atoms with Gasteiger partial charge in [0.2, 0.25) is 0 Å². The number of likely N-dealkylation sites (tertiary alicyclic amines) is 1. The van der Waals surface area contributed by atoms with Gasteiger partial charge in [0.05, 0.1) is 25.5 Å². The van der Waals surface area contributed by atoms with Gasteiger partial charge in [0, 0.05) is 35.0 Å². The highest BCUT2D eigenvalue weighted by Crippen LogP contribution is 2.36. The number of halogens is 1. The van der Waals surface area contributed by atoms with Gasteiger partial charge in [-0.2, -0.15) is 5.10 Å². The van der Waals surface area contributed by atoms with E-state index in [1.165, 1.54) is 18.1 Å². The second-order valence-corrected chi connectivity index (χ2v) is 6.79. The maximum Gasteiger partial charge on any atom is 0.254 e. The van der Waals surface area contributed by atoms with Crippen LogP contribution in [0.4, 0.5) is 4.39 Å². The van der Waals surface area contributed by atoms with E-state index >= 15 is 0 Å². The fraction of sp³-hybridized carbons (Fsp3) is 0.238. The van der Waals surface area contributed by atoms with E-state index < -0.39 is 12.1 Å². The number of aliphatic hydroxyl groups is 1. The standard InChI is InChI=1S/C21H20FN3O3/c1-28-20-8-13(6-7-16(20)14-10-23-24-11-14)21(27)25-12-15(26)9-19(25)17-4-2-3-5-18(17)22/h2-8,10-11,15,19,26H,9,12H2,1H3,(H,23,24). The number of carbonyl (C=O) groups excluding carboxylic acids is 1. The highest BCUT2D eigenvalue weighted by Gasteiger charge is 2.37. The second kappa shape index (κ2) is 7.44. The number of hydrogen-bond acceptors (Lipinski definition) is 4. The Morgan fingerprint density at radius 3 is 2.86 bits per heavy atom. The minimum atomic E-state index is -0.694. The number of nitrogens with one attached hydrogen (secondary N) is 1. The topological polar surface area (TPSA) is 78.4 Å². The van der Waals surface area contributed by atoms with Gasteiger partial charge in [-0.25, -0.2) is 4.39 Å². The molecule has 0 radical (unpaired) electrons. The zero-order chi connectivity index (χ0) is 19.7.